The van der Waals surface area contributed by atoms with E-state index in [-0.39, 0.29) is 17.1 Å². The van der Waals surface area contributed by atoms with Crippen LogP contribution in [0.15, 0.2) is 4.79 Å². The molecular weight excluding hydrogens is 180 g/mol. The van der Waals surface area contributed by atoms with E-state index in [1.807, 2.05) is 0 Å². The highest BCUT2D eigenvalue weighted by molar-refractivity contribution is 7.90. The molecule has 0 aromatic carbocycles. The SMILES string of the molecule is Cn1[nH]c2c(c1=O)CS(=O)(=O)C2. The molecule has 0 saturated carbocycles. The Morgan fingerprint density at radius 3 is 2.67 bits per heavy atom. The summed E-state index contributed by atoms with van der Waals surface area (Å²) in [5.41, 5.74) is 0.714. The van der Waals surface area contributed by atoms with Gasteiger partial charge in [0.15, 0.2) is 9.84 Å². The lowest BCUT2D eigenvalue weighted by molar-refractivity contribution is 0.596. The second-order valence-electron chi connectivity index (χ2n) is 2.97. The van der Waals surface area contributed by atoms with Crippen LogP contribution in [-0.4, -0.2) is 18.2 Å². The summed E-state index contributed by atoms with van der Waals surface area (Å²) in [5, 5.41) is 2.71. The number of sulfone groups is 1. The molecular formula is C6H8N2O3S. The molecule has 0 amide bonds. The van der Waals surface area contributed by atoms with Crippen LogP contribution in [0.3, 0.4) is 0 Å². The summed E-state index contributed by atoms with van der Waals surface area (Å²) in [6.45, 7) is 0. The number of rotatable bonds is 0. The van der Waals surface area contributed by atoms with Crippen molar-refractivity contribution in [2.45, 2.75) is 11.5 Å². The zero-order valence-electron chi connectivity index (χ0n) is 6.49. The van der Waals surface area contributed by atoms with Crippen molar-refractivity contribution in [2.24, 2.45) is 7.05 Å². The van der Waals surface area contributed by atoms with Crippen LogP contribution in [0.1, 0.15) is 11.3 Å². The fourth-order valence-corrected chi connectivity index (χ4v) is 2.93. The fourth-order valence-electron chi connectivity index (χ4n) is 1.41. The molecule has 2 heterocycles. The van der Waals surface area contributed by atoms with E-state index in [1.165, 1.54) is 4.68 Å². The molecule has 0 spiro atoms. The van der Waals surface area contributed by atoms with Crippen molar-refractivity contribution in [3.8, 4) is 0 Å². The highest BCUT2D eigenvalue weighted by Crippen LogP contribution is 2.19. The fraction of sp³-hybridized carbons (Fsp3) is 0.500. The van der Waals surface area contributed by atoms with Crippen LogP contribution in [-0.2, 0) is 28.4 Å². The van der Waals surface area contributed by atoms with Gasteiger partial charge in [0.05, 0.1) is 22.8 Å². The minimum absolute atomic E-state index is 0.0294. The molecule has 1 N–H and O–H groups in total. The maximum absolute atomic E-state index is 11.2. The Morgan fingerprint density at radius 2 is 2.08 bits per heavy atom. The van der Waals surface area contributed by atoms with Crippen LogP contribution < -0.4 is 5.56 Å². The van der Waals surface area contributed by atoms with E-state index >= 15 is 0 Å². The molecule has 1 aliphatic heterocycles. The van der Waals surface area contributed by atoms with Gasteiger partial charge in [-0.3, -0.25) is 14.6 Å². The maximum atomic E-state index is 11.2. The van der Waals surface area contributed by atoms with Crippen molar-refractivity contribution in [1.29, 1.82) is 0 Å². The van der Waals surface area contributed by atoms with Crippen molar-refractivity contribution < 1.29 is 8.42 Å². The molecule has 0 aliphatic carbocycles. The number of hydrogen-bond acceptors (Lipinski definition) is 3. The predicted molar refractivity (Wildman–Crippen MR) is 42.4 cm³/mol. The van der Waals surface area contributed by atoms with Crippen molar-refractivity contribution in [2.75, 3.05) is 0 Å². The Kier molecular flexibility index (Phi) is 1.27. The lowest BCUT2D eigenvalue weighted by atomic mass is 10.3. The van der Waals surface area contributed by atoms with Crippen LogP contribution in [0, 0.1) is 0 Å². The van der Waals surface area contributed by atoms with Crippen molar-refractivity contribution >= 4 is 9.84 Å². The number of aromatic amines is 1. The van der Waals surface area contributed by atoms with Gasteiger partial charge in [-0.2, -0.15) is 0 Å². The van der Waals surface area contributed by atoms with E-state index in [0.29, 0.717) is 11.3 Å². The van der Waals surface area contributed by atoms with Gasteiger partial charge in [0, 0.05) is 7.05 Å². The lowest BCUT2D eigenvalue weighted by Gasteiger charge is -1.91. The summed E-state index contributed by atoms with van der Waals surface area (Å²) < 4.78 is 23.4. The van der Waals surface area contributed by atoms with E-state index in [1.54, 1.807) is 7.05 Å². The zero-order chi connectivity index (χ0) is 8.93. The van der Waals surface area contributed by atoms with Crippen molar-refractivity contribution in [1.82, 2.24) is 9.78 Å². The zero-order valence-corrected chi connectivity index (χ0v) is 7.31. The number of fused-ring (bicyclic) bond motifs is 1. The van der Waals surface area contributed by atoms with Crippen LogP contribution >= 0.6 is 0 Å². The monoisotopic (exact) mass is 188 g/mol. The number of H-pyrrole nitrogens is 1. The molecule has 1 aliphatic rings. The standard InChI is InChI=1S/C6H8N2O3S/c1-8-6(9)4-2-12(10,11)3-5(4)7-8/h7H,2-3H2,1H3. The third-order valence-corrected chi connectivity index (χ3v) is 3.42. The average molecular weight is 188 g/mol. The Bertz CT molecular complexity index is 479. The first-order valence-corrected chi connectivity index (χ1v) is 5.29. The summed E-state index contributed by atoms with van der Waals surface area (Å²) in [5.74, 6) is -0.142. The first-order valence-electron chi connectivity index (χ1n) is 3.47. The van der Waals surface area contributed by atoms with Gasteiger partial charge in [0.2, 0.25) is 0 Å². The summed E-state index contributed by atoms with van der Waals surface area (Å²) in [4.78, 5) is 11.2. The molecule has 0 radical (unpaired) electrons. The van der Waals surface area contributed by atoms with Gasteiger partial charge in [-0.25, -0.2) is 8.42 Å². The molecule has 5 nitrogen and oxygen atoms in total. The maximum Gasteiger partial charge on any atom is 0.270 e. The quantitative estimate of drug-likeness (QED) is 0.576. The van der Waals surface area contributed by atoms with Crippen LogP contribution in [0.2, 0.25) is 0 Å². The van der Waals surface area contributed by atoms with E-state index < -0.39 is 9.84 Å². The minimum Gasteiger partial charge on any atom is -0.299 e. The Labute approximate surface area is 68.9 Å². The summed E-state index contributed by atoms with van der Waals surface area (Å²) >= 11 is 0. The Morgan fingerprint density at radius 1 is 1.42 bits per heavy atom. The van der Waals surface area contributed by atoms with Gasteiger partial charge in [-0.05, 0) is 0 Å². The number of aryl methyl sites for hydroxylation is 1. The Hall–Kier alpha value is -1.04. The van der Waals surface area contributed by atoms with Gasteiger partial charge in [-0.1, -0.05) is 0 Å². The van der Waals surface area contributed by atoms with Gasteiger partial charge in [-0.15, -0.1) is 0 Å². The normalized spacial score (nSPS) is 19.4. The molecule has 1 aromatic rings. The van der Waals surface area contributed by atoms with Gasteiger partial charge < -0.3 is 0 Å². The van der Waals surface area contributed by atoms with Crippen LogP contribution in [0.25, 0.3) is 0 Å². The van der Waals surface area contributed by atoms with Crippen molar-refractivity contribution in [3.63, 3.8) is 0 Å². The van der Waals surface area contributed by atoms with Crippen LogP contribution in [0.4, 0.5) is 0 Å². The highest BCUT2D eigenvalue weighted by Gasteiger charge is 2.29. The topological polar surface area (TPSA) is 71.9 Å². The van der Waals surface area contributed by atoms with E-state index in [2.05, 4.69) is 5.10 Å². The molecule has 0 saturated heterocycles. The minimum atomic E-state index is -3.05. The third-order valence-electron chi connectivity index (χ3n) is 1.96. The predicted octanol–water partition coefficient (Wildman–Crippen LogP) is -0.858. The number of hydrogen-bond donors (Lipinski definition) is 1. The van der Waals surface area contributed by atoms with Gasteiger partial charge >= 0.3 is 0 Å². The molecule has 1 aromatic heterocycles. The number of nitrogens with one attached hydrogen (secondary N) is 1. The van der Waals surface area contributed by atoms with Gasteiger partial charge in [0.1, 0.15) is 0 Å². The largest absolute Gasteiger partial charge is 0.299 e. The van der Waals surface area contributed by atoms with E-state index in [0.717, 1.165) is 0 Å². The Balaban J connectivity index is 2.68. The second-order valence-corrected chi connectivity index (χ2v) is 5.03. The first-order chi connectivity index (χ1) is 5.49. The molecule has 0 bridgehead atoms. The highest BCUT2D eigenvalue weighted by atomic mass is 32.2. The number of aromatic nitrogens is 2. The van der Waals surface area contributed by atoms with Crippen molar-refractivity contribution in [3.05, 3.63) is 21.6 Å². The summed E-state index contributed by atoms with van der Waals surface area (Å²) in [6.07, 6.45) is 0. The molecule has 0 atom stereocenters. The lowest BCUT2D eigenvalue weighted by Crippen LogP contribution is -2.16. The van der Waals surface area contributed by atoms with Crippen LogP contribution in [0.5, 0.6) is 0 Å². The average Bonchev–Trinajstić information content (AvgIpc) is 2.33. The summed E-state index contributed by atoms with van der Waals surface area (Å²) in [7, 11) is -1.47. The smallest absolute Gasteiger partial charge is 0.270 e. The van der Waals surface area contributed by atoms with Gasteiger partial charge in [0.25, 0.3) is 5.56 Å². The van der Waals surface area contributed by atoms with E-state index in [4.69, 9.17) is 0 Å². The molecule has 6 heteroatoms. The molecule has 0 fully saturated rings. The second kappa shape index (κ2) is 2.01. The van der Waals surface area contributed by atoms with E-state index in [9.17, 15) is 13.2 Å². The first kappa shape index (κ1) is 7.60. The summed E-state index contributed by atoms with van der Waals surface area (Å²) in [6, 6.07) is 0. The molecule has 66 valence electrons. The number of nitrogens with zero attached hydrogens (tertiary/aromatic N) is 1. The molecule has 0 unspecified atom stereocenters. The molecule has 2 rings (SSSR count). The third kappa shape index (κ3) is 0.911. The molecule has 12 heavy (non-hydrogen) atoms.